The van der Waals surface area contributed by atoms with E-state index >= 15 is 0 Å². The Bertz CT molecular complexity index is 701. The summed E-state index contributed by atoms with van der Waals surface area (Å²) in [6, 6.07) is 9.32. The highest BCUT2D eigenvalue weighted by atomic mass is 16.2. The zero-order chi connectivity index (χ0) is 14.5. The maximum Gasteiger partial charge on any atom is 0.331 e. The molecule has 106 valence electrons. The summed E-state index contributed by atoms with van der Waals surface area (Å²) < 4.78 is 2.80. The van der Waals surface area contributed by atoms with Crippen LogP contribution >= 0.6 is 0 Å². The molecule has 0 saturated heterocycles. The Labute approximate surface area is 117 Å². The Morgan fingerprint density at radius 3 is 2.60 bits per heavy atom. The lowest BCUT2D eigenvalue weighted by Crippen LogP contribution is -2.39. The molecule has 0 aliphatic carbocycles. The van der Waals surface area contributed by atoms with Crippen LogP contribution in [0.1, 0.15) is 17.5 Å². The zero-order valence-corrected chi connectivity index (χ0v) is 11.6. The summed E-state index contributed by atoms with van der Waals surface area (Å²) in [7, 11) is 0. The van der Waals surface area contributed by atoms with Crippen molar-refractivity contribution >= 4 is 0 Å². The molecule has 0 fully saturated rings. The van der Waals surface area contributed by atoms with E-state index in [0.29, 0.717) is 26.1 Å². The molecule has 20 heavy (non-hydrogen) atoms. The van der Waals surface area contributed by atoms with E-state index in [0.717, 1.165) is 11.1 Å². The van der Waals surface area contributed by atoms with Crippen LogP contribution in [0.25, 0.3) is 0 Å². The minimum atomic E-state index is -0.283. The molecule has 0 atom stereocenters. The van der Waals surface area contributed by atoms with Crippen LogP contribution in [-0.4, -0.2) is 15.7 Å². The molecule has 1 aromatic heterocycles. The number of aromatic nitrogens is 2. The van der Waals surface area contributed by atoms with E-state index in [1.165, 1.54) is 10.6 Å². The summed E-state index contributed by atoms with van der Waals surface area (Å²) in [5, 5.41) is 0. The molecule has 1 heterocycles. The topological polar surface area (TPSA) is 70.0 Å². The first-order valence-electron chi connectivity index (χ1n) is 6.68. The van der Waals surface area contributed by atoms with E-state index in [9.17, 15) is 9.59 Å². The van der Waals surface area contributed by atoms with E-state index in [2.05, 4.69) is 0 Å². The Morgan fingerprint density at radius 2 is 1.90 bits per heavy atom. The molecule has 0 bridgehead atoms. The standard InChI is InChI=1S/C15H19N3O2/c1-12-5-2-3-6-13(12)11-17-10-7-14(19)18(15(17)20)9-4-8-16/h2-3,5-7,10H,4,8-9,11,16H2,1H3. The predicted octanol–water partition coefficient (Wildman–Crippen LogP) is 0.716. The average molecular weight is 273 g/mol. The maximum atomic E-state index is 12.3. The Morgan fingerprint density at radius 1 is 1.15 bits per heavy atom. The van der Waals surface area contributed by atoms with Gasteiger partial charge < -0.3 is 5.73 Å². The second-order valence-corrected chi connectivity index (χ2v) is 4.78. The molecule has 0 spiro atoms. The molecule has 5 heteroatoms. The van der Waals surface area contributed by atoms with Gasteiger partial charge in [0.1, 0.15) is 0 Å². The molecule has 1 aromatic carbocycles. The summed E-state index contributed by atoms with van der Waals surface area (Å²) in [4.78, 5) is 24.0. The van der Waals surface area contributed by atoms with Crippen LogP contribution in [0.3, 0.4) is 0 Å². The summed E-state index contributed by atoms with van der Waals surface area (Å²) in [6.45, 7) is 3.29. The number of rotatable bonds is 5. The number of nitrogens with zero attached hydrogens (tertiary/aromatic N) is 2. The Kier molecular flexibility index (Phi) is 4.53. The number of aryl methyl sites for hydroxylation is 1. The van der Waals surface area contributed by atoms with Gasteiger partial charge in [-0.05, 0) is 31.0 Å². The molecular weight excluding hydrogens is 254 g/mol. The summed E-state index contributed by atoms with van der Waals surface area (Å²) in [6.07, 6.45) is 2.17. The van der Waals surface area contributed by atoms with Crippen molar-refractivity contribution < 1.29 is 0 Å². The summed E-state index contributed by atoms with van der Waals surface area (Å²) in [5.41, 5.74) is 7.07. The van der Waals surface area contributed by atoms with Crippen molar-refractivity contribution in [2.75, 3.05) is 6.54 Å². The highest BCUT2D eigenvalue weighted by Gasteiger charge is 2.06. The second kappa shape index (κ2) is 6.34. The zero-order valence-electron chi connectivity index (χ0n) is 11.6. The molecule has 0 unspecified atom stereocenters. The predicted molar refractivity (Wildman–Crippen MR) is 78.9 cm³/mol. The fourth-order valence-corrected chi connectivity index (χ4v) is 2.10. The van der Waals surface area contributed by atoms with E-state index < -0.39 is 0 Å². The lowest BCUT2D eigenvalue weighted by atomic mass is 10.1. The van der Waals surface area contributed by atoms with Crippen LogP contribution in [0.2, 0.25) is 0 Å². The van der Waals surface area contributed by atoms with Crippen molar-refractivity contribution in [3.63, 3.8) is 0 Å². The number of nitrogens with two attached hydrogens (primary N) is 1. The largest absolute Gasteiger partial charge is 0.331 e. The van der Waals surface area contributed by atoms with Crippen LogP contribution in [0.15, 0.2) is 46.1 Å². The fraction of sp³-hybridized carbons (Fsp3) is 0.333. The molecule has 0 aliphatic rings. The van der Waals surface area contributed by atoms with Crippen LogP contribution in [0, 0.1) is 6.92 Å². The third-order valence-corrected chi connectivity index (χ3v) is 3.33. The quantitative estimate of drug-likeness (QED) is 0.872. The second-order valence-electron chi connectivity index (χ2n) is 4.78. The maximum absolute atomic E-state index is 12.3. The molecule has 2 aromatic rings. The SMILES string of the molecule is Cc1ccccc1Cn1ccc(=O)n(CCCN)c1=O. The number of benzene rings is 1. The smallest absolute Gasteiger partial charge is 0.330 e. The first-order valence-corrected chi connectivity index (χ1v) is 6.68. The van der Waals surface area contributed by atoms with Crippen molar-refractivity contribution in [1.82, 2.24) is 9.13 Å². The van der Waals surface area contributed by atoms with Gasteiger partial charge in [0.05, 0.1) is 6.54 Å². The fourth-order valence-electron chi connectivity index (χ4n) is 2.10. The lowest BCUT2D eigenvalue weighted by Gasteiger charge is -2.11. The van der Waals surface area contributed by atoms with Crippen LogP contribution in [0.4, 0.5) is 0 Å². The first-order chi connectivity index (χ1) is 9.63. The highest BCUT2D eigenvalue weighted by molar-refractivity contribution is 5.25. The monoisotopic (exact) mass is 273 g/mol. The van der Waals surface area contributed by atoms with Crippen molar-refractivity contribution in [2.45, 2.75) is 26.4 Å². The molecule has 0 amide bonds. The van der Waals surface area contributed by atoms with Gasteiger partial charge in [0.25, 0.3) is 5.56 Å². The Hall–Kier alpha value is -2.14. The average Bonchev–Trinajstić information content (AvgIpc) is 2.44. The number of hydrogen-bond acceptors (Lipinski definition) is 3. The molecule has 2 rings (SSSR count). The molecule has 0 radical (unpaired) electrons. The van der Waals surface area contributed by atoms with Gasteiger partial charge >= 0.3 is 5.69 Å². The van der Waals surface area contributed by atoms with Crippen molar-refractivity contribution in [3.05, 3.63) is 68.5 Å². The molecule has 0 saturated carbocycles. The van der Waals surface area contributed by atoms with Gasteiger partial charge in [-0.2, -0.15) is 0 Å². The normalized spacial score (nSPS) is 10.7. The van der Waals surface area contributed by atoms with E-state index in [-0.39, 0.29) is 11.2 Å². The lowest BCUT2D eigenvalue weighted by molar-refractivity contribution is 0.554. The first kappa shape index (κ1) is 14.3. The molecule has 2 N–H and O–H groups in total. The minimum Gasteiger partial charge on any atom is -0.330 e. The van der Waals surface area contributed by atoms with Gasteiger partial charge in [-0.3, -0.25) is 13.9 Å². The van der Waals surface area contributed by atoms with E-state index in [1.54, 1.807) is 10.8 Å². The third kappa shape index (κ3) is 3.05. The van der Waals surface area contributed by atoms with Gasteiger partial charge in [0.2, 0.25) is 0 Å². The van der Waals surface area contributed by atoms with Gasteiger partial charge in [0.15, 0.2) is 0 Å². The van der Waals surface area contributed by atoms with Crippen molar-refractivity contribution in [2.24, 2.45) is 5.73 Å². The molecule has 5 nitrogen and oxygen atoms in total. The summed E-state index contributed by atoms with van der Waals surface area (Å²) >= 11 is 0. The van der Waals surface area contributed by atoms with Gasteiger partial charge in [0, 0.05) is 18.8 Å². The van der Waals surface area contributed by atoms with E-state index in [1.807, 2.05) is 31.2 Å². The van der Waals surface area contributed by atoms with Gasteiger partial charge in [-0.1, -0.05) is 24.3 Å². The molecule has 0 aliphatic heterocycles. The van der Waals surface area contributed by atoms with Crippen molar-refractivity contribution in [1.29, 1.82) is 0 Å². The van der Waals surface area contributed by atoms with Gasteiger partial charge in [-0.15, -0.1) is 0 Å². The van der Waals surface area contributed by atoms with Crippen LogP contribution in [0.5, 0.6) is 0 Å². The van der Waals surface area contributed by atoms with Crippen molar-refractivity contribution in [3.8, 4) is 0 Å². The van der Waals surface area contributed by atoms with E-state index in [4.69, 9.17) is 5.73 Å². The van der Waals surface area contributed by atoms with Crippen LogP contribution in [-0.2, 0) is 13.1 Å². The highest BCUT2D eigenvalue weighted by Crippen LogP contribution is 2.07. The Balaban J connectivity index is 2.36. The van der Waals surface area contributed by atoms with Gasteiger partial charge in [-0.25, -0.2) is 4.79 Å². The third-order valence-electron chi connectivity index (χ3n) is 3.33. The minimum absolute atomic E-state index is 0.274. The number of hydrogen-bond donors (Lipinski definition) is 1. The molecular formula is C15H19N3O2. The van der Waals surface area contributed by atoms with Crippen LogP contribution < -0.4 is 17.0 Å². The summed E-state index contributed by atoms with van der Waals surface area (Å²) in [5.74, 6) is 0.